The Balaban J connectivity index is 0.000000149. The van der Waals surface area contributed by atoms with Crippen molar-refractivity contribution in [3.8, 4) is 0 Å². The van der Waals surface area contributed by atoms with Gasteiger partial charge in [-0.05, 0) is 122 Å². The number of aliphatic hydroxyl groups is 5. The van der Waals surface area contributed by atoms with E-state index in [1.807, 2.05) is 23.0 Å². The molecule has 8 aromatic rings. The van der Waals surface area contributed by atoms with Crippen LogP contribution in [0.5, 0.6) is 0 Å². The molecule has 4 aliphatic rings. The summed E-state index contributed by atoms with van der Waals surface area (Å²) in [6.45, 7) is 16.7. The summed E-state index contributed by atoms with van der Waals surface area (Å²) in [6.07, 6.45) is 28.8. The Bertz CT molecular complexity index is 4020. The minimum atomic E-state index is -1.23. The third kappa shape index (κ3) is 17.4. The Morgan fingerprint density at radius 2 is 0.832 bits per heavy atom. The lowest BCUT2D eigenvalue weighted by molar-refractivity contribution is -0.0496. The van der Waals surface area contributed by atoms with E-state index in [-0.39, 0.29) is 40.6 Å². The predicted molar refractivity (Wildman–Crippen MR) is 400 cm³/mol. The van der Waals surface area contributed by atoms with E-state index in [9.17, 15) is 25.5 Å². The average molecular weight is 1500 g/mol. The third-order valence-electron chi connectivity index (χ3n) is 17.4. The molecular weight excluding hydrogens is 1410 g/mol. The van der Waals surface area contributed by atoms with Gasteiger partial charge in [-0.2, -0.15) is 0 Å². The fourth-order valence-corrected chi connectivity index (χ4v) is 16.7. The maximum Gasteiger partial charge on any atom is 0.167 e. The van der Waals surface area contributed by atoms with Crippen LogP contribution in [0, 0.1) is 5.92 Å². The molecule has 4 saturated heterocycles. The normalized spacial score (nSPS) is 28.0. The monoisotopic (exact) mass is 1500 g/mol. The molecule has 16 atom stereocenters. The second-order valence-corrected chi connectivity index (χ2v) is 46.6. The lowest BCUT2D eigenvalue weighted by atomic mass is 10.0. The zero-order chi connectivity index (χ0) is 69.4. The van der Waals surface area contributed by atoms with E-state index in [2.05, 4.69) is 146 Å². The van der Waals surface area contributed by atoms with Gasteiger partial charge in [0.25, 0.3) is 0 Å². The van der Waals surface area contributed by atoms with Crippen molar-refractivity contribution < 1.29 is 49.2 Å². The Hall–Kier alpha value is -4.86. The molecule has 95 heavy (non-hydrogen) atoms. The van der Waals surface area contributed by atoms with Gasteiger partial charge < -0.3 is 72.2 Å². The summed E-state index contributed by atoms with van der Waals surface area (Å²) in [5.41, 5.74) is 30.5. The highest BCUT2D eigenvalue weighted by atomic mass is 127. The number of hydrogen-bond acceptors (Lipinski definition) is 23. The highest BCUT2D eigenvalue weighted by Crippen LogP contribution is 2.46. The summed E-state index contributed by atoms with van der Waals surface area (Å²) in [7, 11) is 1.58. The van der Waals surface area contributed by atoms with Crippen LogP contribution in [0.4, 0.5) is 22.9 Å². The summed E-state index contributed by atoms with van der Waals surface area (Å²) in [4.78, 5) is 39.0. The SMILES string of the molecule is C=P(C)(C)CC[C@H]1O[C@@H](n2cnc3c(N)ccnc32)[C@H](C)[C@@H]1O.C=P(C)(C)CC[C@H]1O[C@@H](n2cnc3c(N)ccnc32)[C@H](I)[C@@H]1O.C=P(C)(C)CC[C@H]1O[C@@H](n2cnc3c(N)ccnc32)[C@H](OC)[C@@H]1O.C=P(C)(C)CC[C@H]1O[C@@H](n2cnc3c(N)nc(CC)nc32)[C@H](O)[C@@H]1O. The molecule has 0 aliphatic carbocycles. The van der Waals surface area contributed by atoms with Gasteiger partial charge >= 0.3 is 0 Å². The summed E-state index contributed by atoms with van der Waals surface area (Å²) in [6, 6.07) is 5.17. The van der Waals surface area contributed by atoms with E-state index in [1.54, 1.807) is 72.0 Å². The number of aliphatic hydroxyl groups excluding tert-OH is 5. The number of rotatable bonds is 18. The minimum absolute atomic E-state index is 0.0353. The van der Waals surface area contributed by atoms with Crippen molar-refractivity contribution in [2.75, 3.05) is 108 Å². The maximum atomic E-state index is 10.6. The van der Waals surface area contributed by atoms with E-state index >= 15 is 0 Å². The van der Waals surface area contributed by atoms with Crippen molar-refractivity contribution in [3.63, 3.8) is 0 Å². The molecular formula is C63H98IN17O10P4. The van der Waals surface area contributed by atoms with Gasteiger partial charge in [-0.15, -0.1) is 52.7 Å². The quantitative estimate of drug-likeness (QED) is 0.0260. The number of imidazole rings is 4. The van der Waals surface area contributed by atoms with Crippen LogP contribution in [0.2, 0.25) is 0 Å². The number of aromatic nitrogens is 13. The molecule has 4 fully saturated rings. The summed E-state index contributed by atoms with van der Waals surface area (Å²) in [5, 5.41) is 52.5. The molecule has 8 aromatic heterocycles. The minimum Gasteiger partial charge on any atom is -0.397 e. The van der Waals surface area contributed by atoms with Crippen LogP contribution in [0.15, 0.2) is 62.1 Å². The van der Waals surface area contributed by atoms with Crippen molar-refractivity contribution in [1.82, 2.24) is 63.1 Å². The number of nitrogen functional groups attached to an aromatic ring is 4. The number of ether oxygens (including phenoxy) is 5. The summed E-state index contributed by atoms with van der Waals surface area (Å²) < 4.78 is 37.0. The van der Waals surface area contributed by atoms with Crippen molar-refractivity contribution in [2.45, 2.75) is 136 Å². The van der Waals surface area contributed by atoms with Crippen LogP contribution in [0.25, 0.3) is 44.7 Å². The van der Waals surface area contributed by atoms with Crippen molar-refractivity contribution in [2.24, 2.45) is 5.92 Å². The van der Waals surface area contributed by atoms with E-state index in [4.69, 9.17) is 46.6 Å². The molecule has 0 unspecified atom stereocenters. The number of nitrogens with two attached hydrogens (primary N) is 4. The Morgan fingerprint density at radius 3 is 1.26 bits per heavy atom. The number of anilines is 4. The molecule has 4 aliphatic heterocycles. The first-order valence-corrected chi connectivity index (χ1v) is 45.1. The molecule has 0 spiro atoms. The molecule has 12 rings (SSSR count). The first-order valence-electron chi connectivity index (χ1n) is 31.7. The van der Waals surface area contributed by atoms with Crippen LogP contribution in [-0.2, 0) is 30.1 Å². The molecule has 13 N–H and O–H groups in total. The molecule has 0 aromatic carbocycles. The molecule has 12 heterocycles. The van der Waals surface area contributed by atoms with Gasteiger partial charge in [0.1, 0.15) is 58.5 Å². The van der Waals surface area contributed by atoms with Crippen LogP contribution in [0.1, 0.15) is 70.3 Å². The van der Waals surface area contributed by atoms with Crippen molar-refractivity contribution in [3.05, 3.63) is 67.9 Å². The molecule has 522 valence electrons. The number of methoxy groups -OCH3 is 1. The van der Waals surface area contributed by atoms with Crippen LogP contribution in [-0.4, -0.2) is 264 Å². The fourth-order valence-electron chi connectivity index (χ4n) is 11.9. The van der Waals surface area contributed by atoms with Gasteiger partial charge in [0.05, 0.1) is 82.9 Å². The second-order valence-electron chi connectivity index (χ2n) is 27.9. The largest absolute Gasteiger partial charge is 0.397 e. The molecule has 0 saturated carbocycles. The Labute approximate surface area is 569 Å². The summed E-state index contributed by atoms with van der Waals surface area (Å²) >= 11 is 2.25. The average Bonchev–Trinajstić information content (AvgIpc) is 1.65. The van der Waals surface area contributed by atoms with Crippen LogP contribution in [0.3, 0.4) is 0 Å². The molecule has 0 radical (unpaired) electrons. The number of aryl methyl sites for hydroxylation is 1. The fraction of sp³-hybridized carbons (Fsp3) is 0.571. The zero-order valence-electron chi connectivity index (χ0n) is 56.3. The number of halogens is 1. The smallest absolute Gasteiger partial charge is 0.167 e. The van der Waals surface area contributed by atoms with Crippen molar-refractivity contribution >= 4 is 143 Å². The van der Waals surface area contributed by atoms with Crippen LogP contribution >= 0.6 is 50.1 Å². The first-order chi connectivity index (χ1) is 44.6. The first kappa shape index (κ1) is 74.4. The maximum absolute atomic E-state index is 10.6. The molecule has 27 nitrogen and oxygen atoms in total. The van der Waals surface area contributed by atoms with E-state index in [0.29, 0.717) is 86.2 Å². The van der Waals surface area contributed by atoms with Gasteiger partial charge in [-0.25, -0.2) is 44.9 Å². The highest BCUT2D eigenvalue weighted by molar-refractivity contribution is 14.1. The van der Waals surface area contributed by atoms with Gasteiger partial charge in [-0.3, -0.25) is 18.3 Å². The van der Waals surface area contributed by atoms with Crippen LogP contribution < -0.4 is 22.9 Å². The van der Waals surface area contributed by atoms with E-state index in [1.165, 1.54) is 6.33 Å². The topological polar surface area (TPSA) is 387 Å². The number of nitrogens with zero attached hydrogens (tertiary/aromatic N) is 13. The van der Waals surface area contributed by atoms with E-state index in [0.717, 1.165) is 43.9 Å². The van der Waals surface area contributed by atoms with E-state index < -0.39 is 82.7 Å². The Kier molecular flexibility index (Phi) is 23.7. The zero-order valence-corrected chi connectivity index (χ0v) is 62.0. The van der Waals surface area contributed by atoms with Gasteiger partial charge in [0.2, 0.25) is 0 Å². The number of fused-ring (bicyclic) bond motifs is 4. The number of hydrogen-bond donors (Lipinski definition) is 9. The third-order valence-corrected chi connectivity index (χ3v) is 24.6. The Morgan fingerprint density at radius 1 is 0.474 bits per heavy atom. The highest BCUT2D eigenvalue weighted by Gasteiger charge is 2.48. The predicted octanol–water partition coefficient (Wildman–Crippen LogP) is 6.26. The lowest BCUT2D eigenvalue weighted by Gasteiger charge is -2.20. The number of pyridine rings is 3. The number of alkyl halides is 1. The molecule has 0 bridgehead atoms. The van der Waals surface area contributed by atoms with Gasteiger partial charge in [-0.1, -0.05) is 36.4 Å². The lowest BCUT2D eigenvalue weighted by Crippen LogP contribution is -2.33. The molecule has 32 heteroatoms. The summed E-state index contributed by atoms with van der Waals surface area (Å²) in [5.74, 6) is 0.862. The molecule has 0 amide bonds. The van der Waals surface area contributed by atoms with Crippen molar-refractivity contribution in [1.29, 1.82) is 0 Å². The second kappa shape index (κ2) is 30.3. The standard InChI is InChI=1S/C16H26N5O3P.C16H25N4O3P.C16H25N4O2P.C15H22IN4O2P/c1-5-10-19-14(17)11-15(20-10)21(8-18-11)16-13(23)12(22)9(24-16)6-7-25(2,3)4;1-22-14-13(21)11(6-8-24(2,3)4)23-16(14)20-9-19-12-10(17)5-7-18-15(12)20;1-10-14(21)12(6-8-23(2,3)4)22-16(10)20-9-19-13-11(17)5-7-18-15(13)20;1-23(2,3)7-5-10-13(21)11(16)15(22-10)20-8-19-12-9(17)4-6-18-14(12)20/h8-9,12-13,16,22-23H,2,5-7H2,1,3-4H3,(H2,17,19,20);5,7,9,11,13-14,16,21H,2,6,8H2,1,3-4H3,(H2,17,18);5,7,9-10,12,14,16,21H,2,6,8H2,1,3-4H3,(H2,17,18);4,6,8,10-11,13,15,21H,1,5,7H2,2-3H3,(H2,17,18)/t9-,12-,13-,16-;11-,13-,14-,16-;10-,12-,14+,16-;10-,11-,13-,15-/m1111/s1. The van der Waals surface area contributed by atoms with Gasteiger partial charge in [0, 0.05) is 38.0 Å². The van der Waals surface area contributed by atoms with Gasteiger partial charge in [0.15, 0.2) is 47.1 Å².